The summed E-state index contributed by atoms with van der Waals surface area (Å²) in [6.45, 7) is 11.3. The van der Waals surface area contributed by atoms with E-state index in [1.807, 2.05) is 0 Å². The third kappa shape index (κ3) is 8.64. The maximum atomic E-state index is 2.34. The van der Waals surface area contributed by atoms with Gasteiger partial charge in [-0.1, -0.05) is 105 Å². The number of rotatable bonds is 3. The minimum Gasteiger partial charge on any atom is -1.00 e. The van der Waals surface area contributed by atoms with Crippen LogP contribution in [0.5, 0.6) is 0 Å². The Balaban J connectivity index is 0.000000238. The maximum absolute atomic E-state index is 2.34. The monoisotopic (exact) mass is 656 g/mol. The molecule has 4 heteroatoms. The molecule has 0 aliphatic carbocycles. The molecular weight excluding hydrogens is 623 g/mol. The van der Waals surface area contributed by atoms with Crippen LogP contribution in [0.3, 0.4) is 0 Å². The van der Waals surface area contributed by atoms with E-state index in [0.29, 0.717) is 5.92 Å². The number of aryl methyl sites for hydroxylation is 1. The third-order valence-corrected chi connectivity index (χ3v) is 6.64. The Morgan fingerprint density at radius 3 is 1.77 bits per heavy atom. The molecule has 0 saturated heterocycles. The second-order valence-corrected chi connectivity index (χ2v) is 19.6. The largest absolute Gasteiger partial charge is 1.00 e. The summed E-state index contributed by atoms with van der Waals surface area (Å²) < 4.78 is 0. The molecule has 0 bridgehead atoms. The van der Waals surface area contributed by atoms with Crippen LogP contribution in [-0.4, -0.2) is 5.43 Å². The third-order valence-electron chi connectivity index (χ3n) is 6.64. The Labute approximate surface area is 267 Å². The second-order valence-electron chi connectivity index (χ2n) is 10.3. The van der Waals surface area contributed by atoms with E-state index in [1.54, 1.807) is 23.3 Å². The number of benzene rings is 4. The number of halogens is 2. The van der Waals surface area contributed by atoms with Crippen LogP contribution in [0, 0.1) is 6.92 Å². The van der Waals surface area contributed by atoms with E-state index < -0.39 is 0 Å². The van der Waals surface area contributed by atoms with Gasteiger partial charge in [-0.05, 0) is 17.0 Å². The molecule has 0 saturated carbocycles. The first-order valence-electron chi connectivity index (χ1n) is 13.3. The first-order chi connectivity index (χ1) is 18.3. The molecule has 0 amide bonds. The molecule has 0 aliphatic heterocycles. The smallest absolute Gasteiger partial charge is 0.0279 e. The number of hydrogen-bond acceptors (Lipinski definition) is 0. The fraction of sp³-hybridized carbons (Fsp3) is 0.167. The van der Waals surface area contributed by atoms with Crippen LogP contribution in [0.2, 0.25) is 13.1 Å². The summed E-state index contributed by atoms with van der Waals surface area (Å²) in [6, 6.07) is 43.3. The van der Waals surface area contributed by atoms with Gasteiger partial charge in [-0.25, -0.2) is 0 Å². The summed E-state index contributed by atoms with van der Waals surface area (Å²) in [5.74, 6) is 0.584. The van der Waals surface area contributed by atoms with Crippen molar-refractivity contribution in [3.8, 4) is 22.3 Å². The molecule has 0 radical (unpaired) electrons. The van der Waals surface area contributed by atoms with Gasteiger partial charge in [0, 0.05) is 0 Å². The zero-order valence-electron chi connectivity index (χ0n) is 23.9. The van der Waals surface area contributed by atoms with Gasteiger partial charge in [0.1, 0.15) is 0 Å². The van der Waals surface area contributed by atoms with Gasteiger partial charge in [0.15, 0.2) is 0 Å². The van der Waals surface area contributed by atoms with Crippen LogP contribution in [0.25, 0.3) is 43.8 Å². The average molecular weight is 659 g/mol. The SMILES string of the molecule is CC(C)c1cc2c(-c3ccccc3)cccc2[cH-]1.C[Si](C)=[Zr+2].Cc1ccc(-c2ccccc2)c2cc[cH-]c12.[Cl-].[Cl-]. The van der Waals surface area contributed by atoms with Gasteiger partial charge in [0.2, 0.25) is 0 Å². The van der Waals surface area contributed by atoms with Gasteiger partial charge >= 0.3 is 41.9 Å². The molecule has 0 fully saturated rings. The molecule has 6 aromatic carbocycles. The predicted molar refractivity (Wildman–Crippen MR) is 166 cm³/mol. The van der Waals surface area contributed by atoms with Gasteiger partial charge in [0.05, 0.1) is 0 Å². The van der Waals surface area contributed by atoms with Gasteiger partial charge < -0.3 is 24.8 Å². The van der Waals surface area contributed by atoms with E-state index in [4.69, 9.17) is 0 Å². The molecule has 0 atom stereocenters. The number of hydrogen-bond donors (Lipinski definition) is 0. The summed E-state index contributed by atoms with van der Waals surface area (Å²) in [7, 11) is 0. The molecule has 0 aliphatic rings. The molecule has 6 rings (SSSR count). The topological polar surface area (TPSA) is 0 Å². The predicted octanol–water partition coefficient (Wildman–Crippen LogP) is 4.68. The van der Waals surface area contributed by atoms with E-state index in [0.717, 1.165) is 0 Å². The zero-order valence-corrected chi connectivity index (χ0v) is 28.9. The van der Waals surface area contributed by atoms with Crippen LogP contribution in [-0.2, 0) is 23.3 Å². The summed E-state index contributed by atoms with van der Waals surface area (Å²) in [6.07, 6.45) is 0. The molecule has 40 heavy (non-hydrogen) atoms. The van der Waals surface area contributed by atoms with Crippen LogP contribution in [0.1, 0.15) is 30.9 Å². The molecule has 0 heterocycles. The molecule has 0 nitrogen and oxygen atoms in total. The van der Waals surface area contributed by atoms with Crippen LogP contribution in [0.4, 0.5) is 0 Å². The van der Waals surface area contributed by atoms with E-state index in [9.17, 15) is 0 Å². The van der Waals surface area contributed by atoms with Gasteiger partial charge in [-0.15, -0.1) is 63.0 Å². The van der Waals surface area contributed by atoms with Crippen molar-refractivity contribution in [1.82, 2.24) is 0 Å². The summed E-state index contributed by atoms with van der Waals surface area (Å²) in [5, 5.41) is 5.43. The van der Waals surface area contributed by atoms with Crippen molar-refractivity contribution < 1.29 is 48.1 Å². The Morgan fingerprint density at radius 1 is 0.675 bits per heavy atom. The van der Waals surface area contributed by atoms with E-state index in [1.165, 1.54) is 54.9 Å². The molecule has 0 unspecified atom stereocenters. The Kier molecular flexibility index (Phi) is 13.8. The van der Waals surface area contributed by atoms with Gasteiger partial charge in [0.25, 0.3) is 0 Å². The summed E-state index contributed by atoms with van der Waals surface area (Å²) in [5.41, 5.74) is 8.23. The van der Waals surface area contributed by atoms with Crippen molar-refractivity contribution in [2.75, 3.05) is 0 Å². The minimum atomic E-state index is 0. The van der Waals surface area contributed by atoms with Crippen molar-refractivity contribution in [2.24, 2.45) is 0 Å². The molecule has 6 aromatic rings. The molecule has 0 N–H and O–H groups in total. The van der Waals surface area contributed by atoms with Crippen LogP contribution >= 0.6 is 0 Å². The summed E-state index contributed by atoms with van der Waals surface area (Å²) >= 11 is 1.74. The Bertz CT molecular complexity index is 1630. The fourth-order valence-corrected chi connectivity index (χ4v) is 4.72. The molecule has 204 valence electrons. The van der Waals surface area contributed by atoms with Gasteiger partial charge in [-0.3, -0.25) is 0 Å². The maximum Gasteiger partial charge on any atom is -0.0279 e. The standard InChI is InChI=1S/C18H17.C16H13.C2H6Si.2ClH.Zr/c1-13(2)16-11-15-9-6-10-17(18(15)12-16)14-7-4-3-5-8-14;1-12-10-11-15(13-6-3-2-4-7-13)16-9-5-8-14(12)16;1-3-2;;;/h3-13H,1-2H3;2-11H,1H3;1-2H3;2*1H;/q2*-1;;;;+2/p-2. The minimum absolute atomic E-state index is 0. The molecular formula is C36H36Cl2SiZr-2. The molecule has 0 spiro atoms. The van der Waals surface area contributed by atoms with E-state index in [2.05, 4.69) is 155 Å². The van der Waals surface area contributed by atoms with Gasteiger partial charge in [-0.2, -0.15) is 18.2 Å². The second kappa shape index (κ2) is 16.3. The van der Waals surface area contributed by atoms with E-state index in [-0.39, 0.29) is 30.2 Å². The van der Waals surface area contributed by atoms with Crippen molar-refractivity contribution in [3.63, 3.8) is 0 Å². The zero-order chi connectivity index (χ0) is 27.1. The first-order valence-corrected chi connectivity index (χ1v) is 19.5. The van der Waals surface area contributed by atoms with Crippen molar-refractivity contribution >= 4 is 27.0 Å². The normalized spacial score (nSPS) is 10.1. The van der Waals surface area contributed by atoms with Crippen LogP contribution in [0.15, 0.2) is 121 Å². The van der Waals surface area contributed by atoms with Crippen LogP contribution < -0.4 is 24.8 Å². The van der Waals surface area contributed by atoms with Crippen molar-refractivity contribution in [1.29, 1.82) is 0 Å². The number of fused-ring (bicyclic) bond motifs is 2. The fourth-order valence-electron chi connectivity index (χ4n) is 4.72. The quantitative estimate of drug-likeness (QED) is 0.192. The average Bonchev–Trinajstić information content (AvgIpc) is 3.58. The van der Waals surface area contributed by atoms with E-state index >= 15 is 0 Å². The van der Waals surface area contributed by atoms with Crippen molar-refractivity contribution in [3.05, 3.63) is 132 Å². The summed E-state index contributed by atoms with van der Waals surface area (Å²) in [4.78, 5) is 0. The Morgan fingerprint density at radius 2 is 1.23 bits per heavy atom. The first kappa shape index (κ1) is 34.0. The Hall–Kier alpha value is -2.22. The van der Waals surface area contributed by atoms with Crippen molar-refractivity contribution in [2.45, 2.75) is 39.8 Å². The molecule has 0 aromatic heterocycles.